The Morgan fingerprint density at radius 3 is 2.54 bits per heavy atom. The molecule has 0 aliphatic heterocycles. The lowest BCUT2D eigenvalue weighted by Crippen LogP contribution is -2.42. The lowest BCUT2D eigenvalue weighted by Gasteiger charge is -2.23. The van der Waals surface area contributed by atoms with E-state index in [9.17, 15) is 9.90 Å². The van der Waals surface area contributed by atoms with Crippen molar-refractivity contribution in [2.45, 2.75) is 18.9 Å². The second kappa shape index (κ2) is 7.49. The molecule has 26 heavy (non-hydrogen) atoms. The number of hydrogen-bond acceptors (Lipinski definition) is 5. The molecule has 3 aromatic rings. The van der Waals surface area contributed by atoms with Crippen LogP contribution in [0.2, 0.25) is 0 Å². The molecule has 0 fully saturated rings. The van der Waals surface area contributed by atoms with Gasteiger partial charge in [0.1, 0.15) is 11.4 Å². The number of amides is 1. The van der Waals surface area contributed by atoms with Gasteiger partial charge in [0.15, 0.2) is 0 Å². The maximum absolute atomic E-state index is 12.3. The fourth-order valence-electron chi connectivity index (χ4n) is 2.67. The molecule has 1 amide bonds. The number of benzene rings is 2. The second-order valence-electron chi connectivity index (χ2n) is 6.45. The van der Waals surface area contributed by atoms with Crippen LogP contribution in [0.3, 0.4) is 0 Å². The van der Waals surface area contributed by atoms with Gasteiger partial charge in [-0.05, 0) is 36.8 Å². The second-order valence-corrected chi connectivity index (χ2v) is 6.45. The molecule has 0 radical (unpaired) electrons. The van der Waals surface area contributed by atoms with E-state index in [1.54, 1.807) is 20.1 Å². The van der Waals surface area contributed by atoms with Gasteiger partial charge >= 0.3 is 0 Å². The summed E-state index contributed by atoms with van der Waals surface area (Å²) in [4.78, 5) is 20.9. The van der Waals surface area contributed by atoms with E-state index in [0.29, 0.717) is 11.9 Å². The SMILES string of the molecule is COc1ccc(CC(C)(O)CNC(=O)c2cnc3ccccc3n2)cc1. The van der Waals surface area contributed by atoms with Crippen molar-refractivity contribution in [3.8, 4) is 5.75 Å². The first-order valence-electron chi connectivity index (χ1n) is 8.32. The molecule has 2 aromatic carbocycles. The summed E-state index contributed by atoms with van der Waals surface area (Å²) in [5, 5.41) is 13.3. The minimum atomic E-state index is -1.09. The van der Waals surface area contributed by atoms with Gasteiger partial charge in [0.2, 0.25) is 0 Å². The Labute approximate surface area is 151 Å². The van der Waals surface area contributed by atoms with Crippen LogP contribution in [0.25, 0.3) is 11.0 Å². The molecule has 0 spiro atoms. The Bertz CT molecular complexity index is 908. The van der Waals surface area contributed by atoms with Crippen LogP contribution in [0.4, 0.5) is 0 Å². The van der Waals surface area contributed by atoms with Gasteiger partial charge < -0.3 is 15.2 Å². The number of nitrogens with zero attached hydrogens (tertiary/aromatic N) is 2. The Hall–Kier alpha value is -2.99. The van der Waals surface area contributed by atoms with Crippen LogP contribution < -0.4 is 10.1 Å². The molecule has 3 rings (SSSR count). The molecular formula is C20H21N3O3. The summed E-state index contributed by atoms with van der Waals surface area (Å²) in [6.07, 6.45) is 1.84. The predicted molar refractivity (Wildman–Crippen MR) is 99.2 cm³/mol. The number of carbonyl (C=O) groups is 1. The van der Waals surface area contributed by atoms with Crippen LogP contribution in [-0.4, -0.2) is 40.2 Å². The molecule has 0 aliphatic carbocycles. The van der Waals surface area contributed by atoms with Crippen LogP contribution in [0, 0.1) is 0 Å². The minimum absolute atomic E-state index is 0.104. The van der Waals surface area contributed by atoms with Crippen molar-refractivity contribution < 1.29 is 14.6 Å². The summed E-state index contributed by atoms with van der Waals surface area (Å²) in [5.41, 5.74) is 1.48. The Morgan fingerprint density at radius 1 is 1.15 bits per heavy atom. The van der Waals surface area contributed by atoms with Gasteiger partial charge in [-0.3, -0.25) is 9.78 Å². The molecule has 1 unspecified atom stereocenters. The summed E-state index contributed by atoms with van der Waals surface area (Å²) < 4.78 is 5.13. The fourth-order valence-corrected chi connectivity index (χ4v) is 2.67. The van der Waals surface area contributed by atoms with Gasteiger partial charge in [-0.1, -0.05) is 24.3 Å². The summed E-state index contributed by atoms with van der Waals surface area (Å²) >= 11 is 0. The average molecular weight is 351 g/mol. The zero-order valence-electron chi connectivity index (χ0n) is 14.8. The maximum atomic E-state index is 12.3. The molecule has 6 heteroatoms. The van der Waals surface area contributed by atoms with E-state index >= 15 is 0 Å². The van der Waals surface area contributed by atoms with Crippen molar-refractivity contribution in [2.75, 3.05) is 13.7 Å². The van der Waals surface area contributed by atoms with Gasteiger partial charge in [-0.2, -0.15) is 0 Å². The number of para-hydroxylation sites is 2. The van der Waals surface area contributed by atoms with Crippen molar-refractivity contribution in [1.29, 1.82) is 0 Å². The normalized spacial score (nSPS) is 13.2. The average Bonchev–Trinajstić information content (AvgIpc) is 2.66. The first-order chi connectivity index (χ1) is 12.5. The van der Waals surface area contributed by atoms with E-state index < -0.39 is 5.60 Å². The summed E-state index contributed by atoms with van der Waals surface area (Å²) in [7, 11) is 1.61. The number of nitrogens with one attached hydrogen (secondary N) is 1. The molecule has 0 bridgehead atoms. The Balaban J connectivity index is 1.62. The lowest BCUT2D eigenvalue weighted by molar-refractivity contribution is 0.0551. The minimum Gasteiger partial charge on any atom is -0.497 e. The fraction of sp³-hybridized carbons (Fsp3) is 0.250. The molecule has 6 nitrogen and oxygen atoms in total. The number of methoxy groups -OCH3 is 1. The highest BCUT2D eigenvalue weighted by atomic mass is 16.5. The highest BCUT2D eigenvalue weighted by Gasteiger charge is 2.22. The zero-order chi connectivity index (χ0) is 18.6. The number of aromatic nitrogens is 2. The van der Waals surface area contributed by atoms with Crippen LogP contribution in [-0.2, 0) is 6.42 Å². The molecule has 0 saturated carbocycles. The lowest BCUT2D eigenvalue weighted by atomic mass is 9.96. The number of carbonyl (C=O) groups excluding carboxylic acids is 1. The maximum Gasteiger partial charge on any atom is 0.271 e. The van der Waals surface area contributed by atoms with Crippen LogP contribution in [0.1, 0.15) is 23.0 Å². The summed E-state index contributed by atoms with van der Waals surface area (Å²) in [5.74, 6) is 0.398. The van der Waals surface area contributed by atoms with E-state index in [2.05, 4.69) is 15.3 Å². The van der Waals surface area contributed by atoms with Crippen LogP contribution in [0.5, 0.6) is 5.75 Å². The highest BCUT2D eigenvalue weighted by Crippen LogP contribution is 2.17. The Kier molecular flexibility index (Phi) is 5.14. The van der Waals surface area contributed by atoms with E-state index in [1.807, 2.05) is 42.5 Å². The first-order valence-corrected chi connectivity index (χ1v) is 8.32. The largest absolute Gasteiger partial charge is 0.497 e. The predicted octanol–water partition coefficient (Wildman–Crippen LogP) is 2.36. The quantitative estimate of drug-likeness (QED) is 0.712. The number of fused-ring (bicyclic) bond motifs is 1. The molecular weight excluding hydrogens is 330 g/mol. The monoisotopic (exact) mass is 351 g/mol. The van der Waals surface area contributed by atoms with Gasteiger partial charge in [0.05, 0.1) is 29.9 Å². The standard InChI is InChI=1S/C20H21N3O3/c1-20(25,11-14-7-9-15(26-2)10-8-14)13-22-19(24)18-12-21-16-5-3-4-6-17(16)23-18/h3-10,12,25H,11,13H2,1-2H3,(H,22,24). The molecule has 1 aromatic heterocycles. The molecule has 0 aliphatic rings. The third-order valence-electron chi connectivity index (χ3n) is 4.05. The molecule has 0 saturated heterocycles. The van der Waals surface area contributed by atoms with Crippen LogP contribution in [0.15, 0.2) is 54.7 Å². The van der Waals surface area contributed by atoms with Gasteiger partial charge in [-0.15, -0.1) is 0 Å². The summed E-state index contributed by atoms with van der Waals surface area (Å²) in [6.45, 7) is 1.79. The van der Waals surface area contributed by atoms with Gasteiger partial charge in [-0.25, -0.2) is 4.98 Å². The van der Waals surface area contributed by atoms with Crippen molar-refractivity contribution >= 4 is 16.9 Å². The highest BCUT2D eigenvalue weighted by molar-refractivity contribution is 5.93. The number of ether oxygens (including phenoxy) is 1. The number of aliphatic hydroxyl groups is 1. The molecule has 1 heterocycles. The zero-order valence-corrected chi connectivity index (χ0v) is 14.8. The van der Waals surface area contributed by atoms with E-state index in [4.69, 9.17) is 4.74 Å². The van der Waals surface area contributed by atoms with Crippen molar-refractivity contribution in [1.82, 2.24) is 15.3 Å². The third kappa shape index (κ3) is 4.34. The van der Waals surface area contributed by atoms with Gasteiger partial charge in [0.25, 0.3) is 5.91 Å². The van der Waals surface area contributed by atoms with E-state index in [1.165, 1.54) is 6.20 Å². The van der Waals surface area contributed by atoms with Crippen molar-refractivity contribution in [3.05, 3.63) is 66.0 Å². The van der Waals surface area contributed by atoms with Crippen molar-refractivity contribution in [2.24, 2.45) is 0 Å². The smallest absolute Gasteiger partial charge is 0.271 e. The van der Waals surface area contributed by atoms with E-state index in [0.717, 1.165) is 16.8 Å². The molecule has 2 N–H and O–H groups in total. The number of rotatable bonds is 6. The summed E-state index contributed by atoms with van der Waals surface area (Å²) in [6, 6.07) is 14.8. The first kappa shape index (κ1) is 17.8. The van der Waals surface area contributed by atoms with Crippen LogP contribution >= 0.6 is 0 Å². The number of hydrogen-bond donors (Lipinski definition) is 2. The topological polar surface area (TPSA) is 84.3 Å². The Morgan fingerprint density at radius 2 is 1.85 bits per heavy atom. The van der Waals surface area contributed by atoms with Crippen molar-refractivity contribution in [3.63, 3.8) is 0 Å². The van der Waals surface area contributed by atoms with E-state index in [-0.39, 0.29) is 18.1 Å². The molecule has 134 valence electrons. The van der Waals surface area contributed by atoms with Gasteiger partial charge in [0, 0.05) is 13.0 Å². The third-order valence-corrected chi connectivity index (χ3v) is 4.05. The molecule has 1 atom stereocenters.